The Morgan fingerprint density at radius 1 is 1.26 bits per heavy atom. The maximum absolute atomic E-state index is 12.5. The molecule has 0 radical (unpaired) electrons. The minimum atomic E-state index is -2.46. The Labute approximate surface area is 179 Å². The maximum atomic E-state index is 12.5. The number of likely N-dealkylation sites (tertiary alicyclic amines) is 1. The summed E-state index contributed by atoms with van der Waals surface area (Å²) in [5.74, 6) is 0.805. The molecule has 1 unspecified atom stereocenters. The van der Waals surface area contributed by atoms with Gasteiger partial charge in [0.1, 0.15) is 6.54 Å². The van der Waals surface area contributed by atoms with Crippen LogP contribution in [0.4, 0.5) is 20.4 Å². The van der Waals surface area contributed by atoms with E-state index in [-0.39, 0.29) is 7.43 Å². The minimum absolute atomic E-state index is 0. The van der Waals surface area contributed by atoms with E-state index in [4.69, 9.17) is 5.26 Å². The molecule has 1 saturated heterocycles. The maximum Gasteiger partial charge on any atom is 0.257 e. The van der Waals surface area contributed by atoms with Crippen LogP contribution in [-0.4, -0.2) is 60.5 Å². The number of alkyl halides is 2. The van der Waals surface area contributed by atoms with Gasteiger partial charge in [-0.1, -0.05) is 7.43 Å². The third-order valence-electron chi connectivity index (χ3n) is 5.17. The van der Waals surface area contributed by atoms with Crippen molar-refractivity contribution in [3.05, 3.63) is 24.8 Å². The number of fused-ring (bicyclic) bond motifs is 1. The monoisotopic (exact) mass is 431 g/mol. The Kier molecular flexibility index (Phi) is 7.46. The summed E-state index contributed by atoms with van der Waals surface area (Å²) in [6.45, 7) is 3.08. The molecule has 1 atom stereocenters. The molecule has 0 spiro atoms. The zero-order valence-corrected chi connectivity index (χ0v) is 16.5. The number of piperidine rings is 1. The van der Waals surface area contributed by atoms with Crippen molar-refractivity contribution in [2.45, 2.75) is 46.2 Å². The number of aromatic nitrogens is 6. The van der Waals surface area contributed by atoms with Gasteiger partial charge in [0.2, 0.25) is 5.95 Å². The number of nitrogens with one attached hydrogen (secondary N) is 1. The van der Waals surface area contributed by atoms with Crippen molar-refractivity contribution in [1.29, 1.82) is 5.26 Å². The predicted octanol–water partition coefficient (Wildman–Crippen LogP) is 3.29. The first-order valence-corrected chi connectivity index (χ1v) is 9.96. The Morgan fingerprint density at radius 2 is 2.13 bits per heavy atom. The highest BCUT2D eigenvalue weighted by atomic mass is 19.3. The van der Waals surface area contributed by atoms with E-state index in [1.807, 2.05) is 4.68 Å². The molecule has 0 aliphatic carbocycles. The first kappa shape index (κ1) is 22.6. The van der Waals surface area contributed by atoms with Gasteiger partial charge in [0, 0.05) is 38.4 Å². The molecule has 0 bridgehead atoms. The van der Waals surface area contributed by atoms with Gasteiger partial charge < -0.3 is 10.2 Å². The van der Waals surface area contributed by atoms with Crippen LogP contribution in [-0.2, 0) is 13.1 Å². The third-order valence-corrected chi connectivity index (χ3v) is 5.17. The van der Waals surface area contributed by atoms with Crippen molar-refractivity contribution < 1.29 is 8.78 Å². The van der Waals surface area contributed by atoms with Crippen LogP contribution in [0, 0.1) is 17.2 Å². The van der Waals surface area contributed by atoms with Gasteiger partial charge in [-0.25, -0.2) is 18.4 Å². The Morgan fingerprint density at radius 3 is 2.94 bits per heavy atom. The van der Waals surface area contributed by atoms with Crippen LogP contribution < -0.4 is 5.32 Å². The van der Waals surface area contributed by atoms with Crippen LogP contribution in [0.2, 0.25) is 0 Å². The summed E-state index contributed by atoms with van der Waals surface area (Å²) < 4.78 is 28.0. The fraction of sp³-hybridized carbons (Fsp3) is 0.550. The van der Waals surface area contributed by atoms with Crippen LogP contribution in [0.5, 0.6) is 0 Å². The van der Waals surface area contributed by atoms with Crippen molar-refractivity contribution in [3.63, 3.8) is 0 Å². The van der Waals surface area contributed by atoms with Crippen LogP contribution in [0.15, 0.2) is 24.8 Å². The highest BCUT2D eigenvalue weighted by Gasteiger charge is 2.21. The quantitative estimate of drug-likeness (QED) is 0.584. The lowest BCUT2D eigenvalue weighted by Crippen LogP contribution is -2.37. The van der Waals surface area contributed by atoms with Crippen LogP contribution in [0.1, 0.15) is 26.7 Å². The predicted molar refractivity (Wildman–Crippen MR) is 113 cm³/mol. The van der Waals surface area contributed by atoms with Gasteiger partial charge in [-0.3, -0.25) is 4.68 Å². The van der Waals surface area contributed by atoms with E-state index < -0.39 is 13.0 Å². The van der Waals surface area contributed by atoms with Gasteiger partial charge in [-0.15, -0.1) is 0 Å². The van der Waals surface area contributed by atoms with Gasteiger partial charge >= 0.3 is 0 Å². The molecule has 1 aliphatic rings. The molecule has 3 aromatic heterocycles. The van der Waals surface area contributed by atoms with Gasteiger partial charge in [-0.05, 0) is 25.3 Å². The van der Waals surface area contributed by atoms with Crippen molar-refractivity contribution in [3.8, 4) is 6.07 Å². The molecule has 11 heteroatoms. The molecule has 3 aromatic rings. The van der Waals surface area contributed by atoms with Crippen molar-refractivity contribution in [1.82, 2.24) is 34.4 Å². The highest BCUT2D eigenvalue weighted by Crippen LogP contribution is 2.21. The van der Waals surface area contributed by atoms with E-state index in [9.17, 15) is 8.78 Å². The Balaban J connectivity index is 0.00000272. The molecular formula is C20H27F2N9. The van der Waals surface area contributed by atoms with E-state index in [0.29, 0.717) is 24.0 Å². The number of nitriles is 1. The van der Waals surface area contributed by atoms with E-state index in [0.717, 1.165) is 50.1 Å². The van der Waals surface area contributed by atoms with Gasteiger partial charge in [0.25, 0.3) is 6.43 Å². The number of hydrogen-bond donors (Lipinski definition) is 1. The summed E-state index contributed by atoms with van der Waals surface area (Å²) in [4.78, 5) is 11.2. The summed E-state index contributed by atoms with van der Waals surface area (Å²) in [5.41, 5.74) is 1.27. The van der Waals surface area contributed by atoms with E-state index in [2.05, 4.69) is 36.5 Å². The molecule has 31 heavy (non-hydrogen) atoms. The standard InChI is InChI=1S/C19H23F2N9.CH4/c20-17(21)13-29-12-16(9-24-29)26-19-23-7-15-8-25-30(18(15)27-19)11-14-3-1-5-28(10-14)6-2-4-22;/h7-9,12,14,17H,1-3,5-6,10-11,13H2,(H,23,26,27);1H4. The Bertz CT molecular complexity index is 1020. The summed E-state index contributed by atoms with van der Waals surface area (Å²) in [7, 11) is 0. The second kappa shape index (κ2) is 10.3. The molecule has 0 saturated carbocycles. The van der Waals surface area contributed by atoms with Crippen molar-refractivity contribution in [2.75, 3.05) is 25.0 Å². The summed E-state index contributed by atoms with van der Waals surface area (Å²) in [6.07, 6.45) is 6.71. The fourth-order valence-corrected chi connectivity index (χ4v) is 3.81. The van der Waals surface area contributed by atoms with E-state index >= 15 is 0 Å². The number of rotatable bonds is 8. The van der Waals surface area contributed by atoms with Crippen LogP contribution in [0.3, 0.4) is 0 Å². The van der Waals surface area contributed by atoms with Gasteiger partial charge in [0.05, 0.1) is 29.5 Å². The first-order chi connectivity index (χ1) is 14.6. The van der Waals surface area contributed by atoms with Gasteiger partial charge in [-0.2, -0.15) is 20.4 Å². The molecule has 166 valence electrons. The lowest BCUT2D eigenvalue weighted by Gasteiger charge is -2.32. The van der Waals surface area contributed by atoms with E-state index in [1.165, 1.54) is 17.1 Å². The average molecular weight is 431 g/mol. The smallest absolute Gasteiger partial charge is 0.257 e. The van der Waals surface area contributed by atoms with Crippen molar-refractivity contribution in [2.24, 2.45) is 5.92 Å². The number of nitrogens with zero attached hydrogens (tertiary/aromatic N) is 8. The third kappa shape index (κ3) is 5.73. The second-order valence-electron chi connectivity index (χ2n) is 7.48. The molecular weight excluding hydrogens is 404 g/mol. The highest BCUT2D eigenvalue weighted by molar-refractivity contribution is 5.75. The second-order valence-corrected chi connectivity index (χ2v) is 7.48. The van der Waals surface area contributed by atoms with Crippen LogP contribution >= 0.6 is 0 Å². The molecule has 9 nitrogen and oxygen atoms in total. The number of anilines is 2. The molecule has 1 fully saturated rings. The zero-order chi connectivity index (χ0) is 20.9. The molecule has 1 N–H and O–H groups in total. The number of hydrogen-bond acceptors (Lipinski definition) is 7. The average Bonchev–Trinajstić information content (AvgIpc) is 3.33. The van der Waals surface area contributed by atoms with Crippen LogP contribution in [0.25, 0.3) is 11.0 Å². The summed E-state index contributed by atoms with van der Waals surface area (Å²) >= 11 is 0. The topological polar surface area (TPSA) is 100 Å². The minimum Gasteiger partial charge on any atom is -0.321 e. The lowest BCUT2D eigenvalue weighted by molar-refractivity contribution is 0.122. The fourth-order valence-electron chi connectivity index (χ4n) is 3.81. The molecule has 0 aromatic carbocycles. The van der Waals surface area contributed by atoms with Gasteiger partial charge in [0.15, 0.2) is 5.65 Å². The SMILES string of the molecule is C.N#CCCN1CCCC(Cn2ncc3cnc(Nc4cnn(CC(F)F)c4)nc32)C1. The largest absolute Gasteiger partial charge is 0.321 e. The lowest BCUT2D eigenvalue weighted by atomic mass is 9.98. The molecule has 0 amide bonds. The van der Waals surface area contributed by atoms with Crippen molar-refractivity contribution >= 4 is 22.7 Å². The number of halogens is 2. The summed E-state index contributed by atoms with van der Waals surface area (Å²) in [5, 5.41) is 21.0. The van der Waals surface area contributed by atoms with E-state index in [1.54, 1.807) is 12.4 Å². The Hall–Kier alpha value is -3.13. The summed E-state index contributed by atoms with van der Waals surface area (Å²) in [6, 6.07) is 2.21. The molecule has 4 heterocycles. The molecule has 4 rings (SSSR count). The normalized spacial score (nSPS) is 16.9. The zero-order valence-electron chi connectivity index (χ0n) is 16.5. The molecule has 1 aliphatic heterocycles. The first-order valence-electron chi connectivity index (χ1n) is 9.96.